The fourth-order valence-corrected chi connectivity index (χ4v) is 3.61. The van der Waals surface area contributed by atoms with Gasteiger partial charge in [0.2, 0.25) is 0 Å². The minimum Gasteiger partial charge on any atom is -0.257 e. The van der Waals surface area contributed by atoms with Crippen LogP contribution in [0.2, 0.25) is 0 Å². The van der Waals surface area contributed by atoms with E-state index < -0.39 is 0 Å². The van der Waals surface area contributed by atoms with Crippen LogP contribution in [0.15, 0.2) is 41.9 Å². The molecular formula is C17H21N. The maximum Gasteiger partial charge on any atom is 0.0671 e. The number of para-hydroxylation sites is 1. The molecule has 0 N–H and O–H groups in total. The summed E-state index contributed by atoms with van der Waals surface area (Å²) in [7, 11) is 0. The third-order valence-electron chi connectivity index (χ3n) is 4.49. The standard InChI is InChI=1S/C17H21N/c1-2-12-17-13-8-4-3-5-11-16(17)18-15-10-7-6-9-14(15)17/h2,6-7,9-10H,1,3-5,8,11-13H2. The maximum atomic E-state index is 4.93. The summed E-state index contributed by atoms with van der Waals surface area (Å²) in [4.78, 5) is 4.93. The lowest BCUT2D eigenvalue weighted by molar-refractivity contribution is 0.467. The lowest BCUT2D eigenvalue weighted by atomic mass is 9.69. The van der Waals surface area contributed by atoms with E-state index in [1.165, 1.54) is 55.5 Å². The summed E-state index contributed by atoms with van der Waals surface area (Å²) >= 11 is 0. The van der Waals surface area contributed by atoms with Crippen LogP contribution in [-0.2, 0) is 5.41 Å². The van der Waals surface area contributed by atoms with Gasteiger partial charge in [0.15, 0.2) is 0 Å². The molecular weight excluding hydrogens is 218 g/mol. The number of nitrogens with zero attached hydrogens (tertiary/aromatic N) is 1. The predicted octanol–water partition coefficient (Wildman–Crippen LogP) is 4.94. The largest absolute Gasteiger partial charge is 0.257 e. The molecule has 1 fully saturated rings. The molecule has 1 aromatic carbocycles. The highest BCUT2D eigenvalue weighted by molar-refractivity contribution is 6.02. The highest BCUT2D eigenvalue weighted by Gasteiger charge is 2.41. The molecule has 1 atom stereocenters. The van der Waals surface area contributed by atoms with Crippen molar-refractivity contribution >= 4 is 11.4 Å². The minimum atomic E-state index is 0.179. The van der Waals surface area contributed by atoms with Gasteiger partial charge in [0, 0.05) is 11.1 Å². The molecule has 1 unspecified atom stereocenters. The molecule has 0 amide bonds. The van der Waals surface area contributed by atoms with Gasteiger partial charge >= 0.3 is 0 Å². The van der Waals surface area contributed by atoms with Crippen molar-refractivity contribution in [3.05, 3.63) is 42.5 Å². The van der Waals surface area contributed by atoms with Gasteiger partial charge in [0.25, 0.3) is 0 Å². The zero-order chi connectivity index (χ0) is 12.4. The predicted molar refractivity (Wildman–Crippen MR) is 77.7 cm³/mol. The molecule has 1 heterocycles. The van der Waals surface area contributed by atoms with Crippen molar-refractivity contribution in [3.63, 3.8) is 0 Å². The van der Waals surface area contributed by atoms with Crippen LogP contribution >= 0.6 is 0 Å². The average Bonchev–Trinajstić information content (AvgIpc) is 2.65. The first kappa shape index (κ1) is 11.7. The van der Waals surface area contributed by atoms with Crippen molar-refractivity contribution in [3.8, 4) is 0 Å². The molecule has 1 aliphatic heterocycles. The van der Waals surface area contributed by atoms with E-state index >= 15 is 0 Å². The zero-order valence-electron chi connectivity index (χ0n) is 11.0. The van der Waals surface area contributed by atoms with Gasteiger partial charge in [-0.3, -0.25) is 4.99 Å². The number of aliphatic imine (C=N–C) groups is 1. The normalized spacial score (nSPS) is 26.6. The summed E-state index contributed by atoms with van der Waals surface area (Å²) in [6.07, 6.45) is 10.9. The second-order valence-corrected chi connectivity index (χ2v) is 5.56. The fourth-order valence-electron chi connectivity index (χ4n) is 3.61. The first-order valence-corrected chi connectivity index (χ1v) is 7.15. The number of hydrogen-bond acceptors (Lipinski definition) is 1. The van der Waals surface area contributed by atoms with Gasteiger partial charge in [0.1, 0.15) is 0 Å². The molecule has 0 bridgehead atoms. The van der Waals surface area contributed by atoms with Crippen LogP contribution in [0, 0.1) is 0 Å². The molecule has 1 nitrogen and oxygen atoms in total. The molecule has 1 aromatic rings. The van der Waals surface area contributed by atoms with E-state index in [0.717, 1.165) is 6.42 Å². The first-order valence-electron chi connectivity index (χ1n) is 7.15. The fraction of sp³-hybridized carbons (Fsp3) is 0.471. The third kappa shape index (κ3) is 1.73. The molecule has 0 saturated heterocycles. The van der Waals surface area contributed by atoms with Gasteiger partial charge in [-0.05, 0) is 37.3 Å². The molecule has 0 spiro atoms. The number of rotatable bonds is 2. The maximum absolute atomic E-state index is 4.93. The van der Waals surface area contributed by atoms with Crippen LogP contribution < -0.4 is 0 Å². The van der Waals surface area contributed by atoms with Gasteiger partial charge in [-0.15, -0.1) is 6.58 Å². The van der Waals surface area contributed by atoms with Crippen LogP contribution in [0.5, 0.6) is 0 Å². The summed E-state index contributed by atoms with van der Waals surface area (Å²) in [5.74, 6) is 0. The Kier molecular flexibility index (Phi) is 3.07. The monoisotopic (exact) mass is 239 g/mol. The van der Waals surface area contributed by atoms with E-state index in [-0.39, 0.29) is 5.41 Å². The minimum absolute atomic E-state index is 0.179. The molecule has 1 aliphatic carbocycles. The Morgan fingerprint density at radius 3 is 2.89 bits per heavy atom. The van der Waals surface area contributed by atoms with Crippen LogP contribution in [0.4, 0.5) is 5.69 Å². The number of allylic oxidation sites excluding steroid dienone is 1. The first-order chi connectivity index (χ1) is 8.87. The molecule has 2 aliphatic rings. The van der Waals surface area contributed by atoms with Crippen molar-refractivity contribution in [1.82, 2.24) is 0 Å². The average molecular weight is 239 g/mol. The molecule has 1 saturated carbocycles. The Morgan fingerprint density at radius 1 is 1.17 bits per heavy atom. The lowest BCUT2D eigenvalue weighted by Gasteiger charge is -2.33. The van der Waals surface area contributed by atoms with E-state index in [2.05, 4.69) is 36.9 Å². The van der Waals surface area contributed by atoms with Crippen LogP contribution in [0.3, 0.4) is 0 Å². The Balaban J connectivity index is 2.09. The second-order valence-electron chi connectivity index (χ2n) is 5.56. The number of benzene rings is 1. The smallest absolute Gasteiger partial charge is 0.0671 e. The van der Waals surface area contributed by atoms with E-state index in [1.54, 1.807) is 0 Å². The van der Waals surface area contributed by atoms with Gasteiger partial charge < -0.3 is 0 Å². The molecule has 3 rings (SSSR count). The van der Waals surface area contributed by atoms with Crippen LogP contribution in [0.1, 0.15) is 50.5 Å². The topological polar surface area (TPSA) is 12.4 Å². The zero-order valence-corrected chi connectivity index (χ0v) is 11.0. The van der Waals surface area contributed by atoms with E-state index in [9.17, 15) is 0 Å². The number of fused-ring (bicyclic) bond motifs is 3. The van der Waals surface area contributed by atoms with Gasteiger partial charge in [-0.1, -0.05) is 43.5 Å². The van der Waals surface area contributed by atoms with Crippen LogP contribution in [-0.4, -0.2) is 5.71 Å². The summed E-state index contributed by atoms with van der Waals surface area (Å²) in [5.41, 5.74) is 4.25. The third-order valence-corrected chi connectivity index (χ3v) is 4.49. The SMILES string of the molecule is C=CCC12CCCCCCC1=Nc1ccccc12. The van der Waals surface area contributed by atoms with E-state index in [1.807, 2.05) is 0 Å². The molecule has 18 heavy (non-hydrogen) atoms. The second kappa shape index (κ2) is 4.72. The Labute approximate surface area is 110 Å². The Hall–Kier alpha value is -1.37. The molecule has 1 heteroatoms. The van der Waals surface area contributed by atoms with E-state index in [4.69, 9.17) is 4.99 Å². The highest BCUT2D eigenvalue weighted by Crippen LogP contribution is 2.48. The molecule has 94 valence electrons. The Morgan fingerprint density at radius 2 is 2.00 bits per heavy atom. The van der Waals surface area contributed by atoms with Crippen molar-refractivity contribution in [1.29, 1.82) is 0 Å². The van der Waals surface area contributed by atoms with Gasteiger partial charge in [-0.2, -0.15) is 0 Å². The van der Waals surface area contributed by atoms with Crippen molar-refractivity contribution in [2.45, 2.75) is 50.4 Å². The van der Waals surface area contributed by atoms with Crippen molar-refractivity contribution in [2.75, 3.05) is 0 Å². The van der Waals surface area contributed by atoms with Crippen molar-refractivity contribution < 1.29 is 0 Å². The summed E-state index contributed by atoms with van der Waals surface area (Å²) in [6.45, 7) is 3.98. The lowest BCUT2D eigenvalue weighted by Crippen LogP contribution is -2.33. The van der Waals surface area contributed by atoms with E-state index in [0.29, 0.717) is 0 Å². The molecule has 0 aromatic heterocycles. The highest BCUT2D eigenvalue weighted by atomic mass is 14.8. The molecule has 0 radical (unpaired) electrons. The summed E-state index contributed by atoms with van der Waals surface area (Å²) in [6, 6.07) is 8.69. The van der Waals surface area contributed by atoms with Gasteiger partial charge in [-0.25, -0.2) is 0 Å². The van der Waals surface area contributed by atoms with Crippen LogP contribution in [0.25, 0.3) is 0 Å². The summed E-state index contributed by atoms with van der Waals surface area (Å²) in [5, 5.41) is 0. The Bertz CT molecular complexity index is 486. The van der Waals surface area contributed by atoms with Crippen molar-refractivity contribution in [2.24, 2.45) is 4.99 Å². The summed E-state index contributed by atoms with van der Waals surface area (Å²) < 4.78 is 0. The quantitative estimate of drug-likeness (QED) is 0.648. The van der Waals surface area contributed by atoms with Gasteiger partial charge in [0.05, 0.1) is 5.69 Å². The number of hydrogen-bond donors (Lipinski definition) is 0.